The molecule has 7 nitrogen and oxygen atoms in total. The molecule has 1 aromatic carbocycles. The zero-order chi connectivity index (χ0) is 21.9. The number of allylic oxidation sites excluding steroid dienone is 2. The first-order chi connectivity index (χ1) is 13.6. The molecule has 0 saturated heterocycles. The lowest BCUT2D eigenvalue weighted by molar-refractivity contribution is -0.137. The van der Waals surface area contributed by atoms with Crippen LogP contribution >= 0.6 is 0 Å². The number of urea groups is 1. The summed E-state index contributed by atoms with van der Waals surface area (Å²) in [6.45, 7) is 8.01. The normalized spacial score (nSPS) is 14.3. The maximum Gasteiger partial charge on any atom is 0.341 e. The number of carbonyl (C=O) groups is 3. The van der Waals surface area contributed by atoms with E-state index < -0.39 is 11.9 Å². The molecule has 1 aromatic rings. The van der Waals surface area contributed by atoms with E-state index in [2.05, 4.69) is 5.32 Å². The van der Waals surface area contributed by atoms with Crippen molar-refractivity contribution in [3.8, 4) is 0 Å². The van der Waals surface area contributed by atoms with Gasteiger partial charge in [0.25, 0.3) is 0 Å². The second-order valence-corrected chi connectivity index (χ2v) is 7.72. The molecule has 0 aromatic heterocycles. The average molecular weight is 402 g/mol. The number of hydrogen-bond donors (Lipinski definition) is 2. The average Bonchev–Trinajstić information content (AvgIpc) is 3.03. The van der Waals surface area contributed by atoms with Crippen molar-refractivity contribution in [2.45, 2.75) is 53.6 Å². The number of fused-ring (bicyclic) bond motifs is 1. The van der Waals surface area contributed by atoms with Gasteiger partial charge in [0.15, 0.2) is 0 Å². The maximum atomic E-state index is 12.4. The number of amides is 2. The molecule has 1 heterocycles. The van der Waals surface area contributed by atoms with Gasteiger partial charge >= 0.3 is 18.0 Å². The number of nitrogens with zero attached hydrogens (tertiary/aromatic N) is 1. The van der Waals surface area contributed by atoms with Gasteiger partial charge in [-0.3, -0.25) is 4.79 Å². The number of rotatable bonds is 7. The van der Waals surface area contributed by atoms with Crippen molar-refractivity contribution in [1.29, 1.82) is 0 Å². The summed E-state index contributed by atoms with van der Waals surface area (Å²) >= 11 is 0. The van der Waals surface area contributed by atoms with Crippen LogP contribution in [0.2, 0.25) is 0 Å². The summed E-state index contributed by atoms with van der Waals surface area (Å²) in [7, 11) is 3.28. The van der Waals surface area contributed by atoms with E-state index in [-0.39, 0.29) is 25.0 Å². The van der Waals surface area contributed by atoms with Crippen molar-refractivity contribution in [1.82, 2.24) is 4.90 Å². The number of ether oxygens (including phenoxy) is 1. The van der Waals surface area contributed by atoms with E-state index >= 15 is 0 Å². The predicted molar refractivity (Wildman–Crippen MR) is 111 cm³/mol. The van der Waals surface area contributed by atoms with Crippen LogP contribution in [-0.2, 0) is 29.0 Å². The van der Waals surface area contributed by atoms with Crippen LogP contribution in [0.1, 0.15) is 59.8 Å². The Labute approximate surface area is 171 Å². The first-order valence-electron chi connectivity index (χ1n) is 9.79. The highest BCUT2D eigenvalue weighted by Crippen LogP contribution is 2.38. The van der Waals surface area contributed by atoms with Crippen molar-refractivity contribution in [2.24, 2.45) is 5.92 Å². The molecule has 158 valence electrons. The van der Waals surface area contributed by atoms with Crippen LogP contribution in [0.3, 0.4) is 0 Å². The molecule has 0 radical (unpaired) electrons. The van der Waals surface area contributed by atoms with Crippen LogP contribution in [0.5, 0.6) is 0 Å². The van der Waals surface area contributed by atoms with E-state index in [0.29, 0.717) is 17.7 Å². The molecule has 1 atom stereocenters. The molecule has 0 spiro atoms. The first-order valence-corrected chi connectivity index (χ1v) is 9.79. The largest absolute Gasteiger partial charge is 0.481 e. The lowest BCUT2D eigenvalue weighted by atomic mass is 9.87. The number of benzene rings is 1. The summed E-state index contributed by atoms with van der Waals surface area (Å²) in [6, 6.07) is -0.320. The van der Waals surface area contributed by atoms with Gasteiger partial charge in [0.2, 0.25) is 0 Å². The fourth-order valence-corrected chi connectivity index (χ4v) is 3.61. The summed E-state index contributed by atoms with van der Waals surface area (Å²) in [4.78, 5) is 37.3. The Balaban J connectivity index is 2.58. The van der Waals surface area contributed by atoms with Crippen molar-refractivity contribution in [3.63, 3.8) is 0 Å². The van der Waals surface area contributed by atoms with Crippen LogP contribution < -0.4 is 5.32 Å². The Morgan fingerprint density at radius 2 is 1.97 bits per heavy atom. The third-order valence-electron chi connectivity index (χ3n) is 5.55. The smallest absolute Gasteiger partial charge is 0.341 e. The Morgan fingerprint density at radius 3 is 2.52 bits per heavy atom. The topological polar surface area (TPSA) is 95.9 Å². The molecule has 0 aliphatic carbocycles. The lowest BCUT2D eigenvalue weighted by Crippen LogP contribution is -2.29. The second-order valence-electron chi connectivity index (χ2n) is 7.72. The van der Waals surface area contributed by atoms with E-state index in [0.717, 1.165) is 34.2 Å². The van der Waals surface area contributed by atoms with Crippen LogP contribution in [0.25, 0.3) is 0 Å². The number of aliphatic carboxylic acids is 1. The van der Waals surface area contributed by atoms with Gasteiger partial charge in [0, 0.05) is 19.7 Å². The van der Waals surface area contributed by atoms with Crippen molar-refractivity contribution < 1.29 is 24.2 Å². The second kappa shape index (κ2) is 9.11. The molecular weight excluding hydrogens is 372 g/mol. The number of esters is 1. The van der Waals surface area contributed by atoms with Crippen LogP contribution in [0.15, 0.2) is 11.6 Å². The molecule has 29 heavy (non-hydrogen) atoms. The Bertz CT molecular complexity index is 871. The highest BCUT2D eigenvalue weighted by Gasteiger charge is 2.31. The predicted octanol–water partition coefficient (Wildman–Crippen LogP) is 3.92. The van der Waals surface area contributed by atoms with Gasteiger partial charge < -0.3 is 20.1 Å². The quantitative estimate of drug-likeness (QED) is 0.532. The fourth-order valence-electron chi connectivity index (χ4n) is 3.61. The third-order valence-corrected chi connectivity index (χ3v) is 5.55. The minimum atomic E-state index is -0.838. The van der Waals surface area contributed by atoms with E-state index in [1.807, 2.05) is 33.8 Å². The standard InChI is InChI=1S/C22H30N2O5/c1-7-15-14(4)17-11-29-21(27)19(17)20(23-22(28)24(5)6)16(15)9-8-12(2)13(3)10-18(25)26/h8,13H,7,9-11H2,1-6H3,(H,23,28)(H,25,26). The van der Waals surface area contributed by atoms with Crippen LogP contribution in [0, 0.1) is 12.8 Å². The molecular formula is C22H30N2O5. The number of nitrogens with one attached hydrogen (secondary N) is 1. The first kappa shape index (κ1) is 22.5. The maximum absolute atomic E-state index is 12.4. The summed E-state index contributed by atoms with van der Waals surface area (Å²) in [5.41, 5.74) is 5.67. The molecule has 0 bridgehead atoms. The summed E-state index contributed by atoms with van der Waals surface area (Å²) in [5, 5.41) is 11.9. The molecule has 0 fully saturated rings. The Hall–Kier alpha value is -2.83. The molecule has 1 unspecified atom stereocenters. The number of cyclic esters (lactones) is 1. The van der Waals surface area contributed by atoms with Gasteiger partial charge in [0.1, 0.15) is 6.61 Å². The number of carboxylic acid groups (broad SMARTS) is 1. The fraction of sp³-hybridized carbons (Fsp3) is 0.500. The number of anilines is 1. The van der Waals surface area contributed by atoms with Gasteiger partial charge in [-0.15, -0.1) is 0 Å². The van der Waals surface area contributed by atoms with E-state index in [9.17, 15) is 14.4 Å². The van der Waals surface area contributed by atoms with Crippen molar-refractivity contribution in [3.05, 3.63) is 39.5 Å². The van der Waals surface area contributed by atoms with Gasteiger partial charge in [-0.2, -0.15) is 0 Å². The van der Waals surface area contributed by atoms with Gasteiger partial charge in [-0.25, -0.2) is 9.59 Å². The SMILES string of the molecule is CCc1c(C)c2c(c(NC(=O)N(C)C)c1CC=C(C)C(C)CC(=O)O)C(=O)OC2. The molecule has 1 aliphatic rings. The summed E-state index contributed by atoms with van der Waals surface area (Å²) in [5.74, 6) is -1.37. The Morgan fingerprint density at radius 1 is 1.31 bits per heavy atom. The number of carboxylic acids is 1. The zero-order valence-corrected chi connectivity index (χ0v) is 18.0. The van der Waals surface area contributed by atoms with Crippen LogP contribution in [-0.4, -0.2) is 42.1 Å². The lowest BCUT2D eigenvalue weighted by Gasteiger charge is -2.22. The number of carbonyl (C=O) groups excluding carboxylic acids is 2. The van der Waals surface area contributed by atoms with E-state index in [4.69, 9.17) is 9.84 Å². The van der Waals surface area contributed by atoms with Gasteiger partial charge in [0.05, 0.1) is 17.7 Å². The highest BCUT2D eigenvalue weighted by atomic mass is 16.5. The Kier molecular flexibility index (Phi) is 7.06. The summed E-state index contributed by atoms with van der Waals surface area (Å²) in [6.07, 6.45) is 3.27. The molecule has 2 N–H and O–H groups in total. The van der Waals surface area contributed by atoms with E-state index in [1.165, 1.54) is 4.90 Å². The minimum Gasteiger partial charge on any atom is -0.481 e. The number of hydrogen-bond acceptors (Lipinski definition) is 4. The van der Waals surface area contributed by atoms with Gasteiger partial charge in [-0.05, 0) is 49.3 Å². The molecule has 2 amide bonds. The van der Waals surface area contributed by atoms with Gasteiger partial charge in [-0.1, -0.05) is 25.5 Å². The monoisotopic (exact) mass is 402 g/mol. The molecule has 7 heteroatoms. The van der Waals surface area contributed by atoms with Crippen LogP contribution in [0.4, 0.5) is 10.5 Å². The summed E-state index contributed by atoms with van der Waals surface area (Å²) < 4.78 is 5.26. The minimum absolute atomic E-state index is 0.0583. The molecule has 1 aliphatic heterocycles. The van der Waals surface area contributed by atoms with E-state index in [1.54, 1.807) is 14.1 Å². The zero-order valence-electron chi connectivity index (χ0n) is 18.0. The highest BCUT2D eigenvalue weighted by molar-refractivity contribution is 6.05. The molecule has 2 rings (SSSR count). The van der Waals surface area contributed by atoms with Crippen molar-refractivity contribution >= 4 is 23.7 Å². The molecule has 0 saturated carbocycles. The third kappa shape index (κ3) is 4.78. The van der Waals surface area contributed by atoms with Crippen molar-refractivity contribution in [2.75, 3.05) is 19.4 Å².